The van der Waals surface area contributed by atoms with E-state index in [2.05, 4.69) is 10.4 Å². The van der Waals surface area contributed by atoms with Gasteiger partial charge in [0, 0.05) is 11.6 Å². The van der Waals surface area contributed by atoms with Crippen molar-refractivity contribution in [3.8, 4) is 5.69 Å². The zero-order valence-electron chi connectivity index (χ0n) is 13.3. The van der Waals surface area contributed by atoms with Crippen molar-refractivity contribution in [3.05, 3.63) is 82.6 Å². The van der Waals surface area contributed by atoms with E-state index in [9.17, 15) is 18.0 Å². The third kappa shape index (κ3) is 3.88. The molecule has 0 bridgehead atoms. The van der Waals surface area contributed by atoms with Crippen molar-refractivity contribution >= 4 is 17.5 Å². The molecule has 2 aromatic carbocycles. The second kappa shape index (κ2) is 7.21. The quantitative estimate of drug-likeness (QED) is 0.726. The highest BCUT2D eigenvalue weighted by Crippen LogP contribution is 2.33. The fourth-order valence-electron chi connectivity index (χ4n) is 2.44. The monoisotopic (exact) mass is 379 g/mol. The molecule has 26 heavy (non-hydrogen) atoms. The summed E-state index contributed by atoms with van der Waals surface area (Å²) in [6, 6.07) is 14.6. The molecule has 0 aliphatic rings. The zero-order valence-corrected chi connectivity index (χ0v) is 14.1. The molecular weight excluding hydrogens is 367 g/mol. The lowest BCUT2D eigenvalue weighted by molar-refractivity contribution is -0.143. The normalized spacial score (nSPS) is 11.4. The first-order valence-electron chi connectivity index (χ1n) is 7.59. The van der Waals surface area contributed by atoms with Crippen LogP contribution in [0.5, 0.6) is 0 Å². The molecule has 1 heterocycles. The average Bonchev–Trinajstić information content (AvgIpc) is 3.07. The number of rotatable bonds is 4. The van der Waals surface area contributed by atoms with Gasteiger partial charge in [-0.3, -0.25) is 4.79 Å². The van der Waals surface area contributed by atoms with Crippen molar-refractivity contribution in [1.82, 2.24) is 15.1 Å². The maximum absolute atomic E-state index is 13.6. The number of carbonyl (C=O) groups is 1. The smallest absolute Gasteiger partial charge is 0.348 e. The van der Waals surface area contributed by atoms with E-state index >= 15 is 0 Å². The van der Waals surface area contributed by atoms with Crippen molar-refractivity contribution in [2.45, 2.75) is 12.7 Å². The van der Waals surface area contributed by atoms with E-state index < -0.39 is 23.3 Å². The summed E-state index contributed by atoms with van der Waals surface area (Å²) < 4.78 is 41.4. The van der Waals surface area contributed by atoms with Gasteiger partial charge in [0.05, 0.1) is 17.4 Å². The molecule has 1 aromatic heterocycles. The van der Waals surface area contributed by atoms with E-state index in [1.807, 2.05) is 6.07 Å². The molecule has 1 amide bonds. The zero-order chi connectivity index (χ0) is 18.7. The highest BCUT2D eigenvalue weighted by molar-refractivity contribution is 6.30. The Kier molecular flexibility index (Phi) is 4.99. The summed E-state index contributed by atoms with van der Waals surface area (Å²) in [5.74, 6) is -0.846. The summed E-state index contributed by atoms with van der Waals surface area (Å²) in [7, 11) is 0. The molecule has 3 rings (SSSR count). The van der Waals surface area contributed by atoms with Crippen molar-refractivity contribution in [3.63, 3.8) is 0 Å². The first-order valence-corrected chi connectivity index (χ1v) is 7.97. The topological polar surface area (TPSA) is 46.9 Å². The van der Waals surface area contributed by atoms with Gasteiger partial charge in [-0.15, -0.1) is 0 Å². The molecule has 0 atom stereocenters. The van der Waals surface area contributed by atoms with E-state index in [0.717, 1.165) is 11.8 Å². The van der Waals surface area contributed by atoms with Crippen LogP contribution < -0.4 is 5.32 Å². The van der Waals surface area contributed by atoms with Crippen LogP contribution in [0.3, 0.4) is 0 Å². The third-order valence-electron chi connectivity index (χ3n) is 3.65. The Hall–Kier alpha value is -2.80. The second-order valence-electron chi connectivity index (χ2n) is 5.46. The van der Waals surface area contributed by atoms with Gasteiger partial charge in [0.1, 0.15) is 0 Å². The van der Waals surface area contributed by atoms with Gasteiger partial charge in [-0.25, -0.2) is 4.68 Å². The molecule has 0 aliphatic heterocycles. The summed E-state index contributed by atoms with van der Waals surface area (Å²) in [5.41, 5.74) is -0.739. The number of nitrogens with zero attached hydrogens (tertiary/aromatic N) is 2. The average molecular weight is 380 g/mol. The number of carbonyl (C=O) groups excluding carboxylic acids is 1. The van der Waals surface area contributed by atoms with Gasteiger partial charge < -0.3 is 5.32 Å². The molecule has 3 aromatic rings. The SMILES string of the molecule is O=C(NCc1ccccc1)c1cnn(-c2ccc(Cl)cc2)c1C(F)(F)F. The molecular formula is C18H13ClF3N3O. The summed E-state index contributed by atoms with van der Waals surface area (Å²) in [4.78, 5) is 12.3. The van der Waals surface area contributed by atoms with Crippen molar-refractivity contribution in [1.29, 1.82) is 0 Å². The van der Waals surface area contributed by atoms with Crippen LogP contribution in [0.2, 0.25) is 5.02 Å². The summed E-state index contributed by atoms with van der Waals surface area (Å²) >= 11 is 5.77. The molecule has 0 radical (unpaired) electrons. The molecule has 8 heteroatoms. The Morgan fingerprint density at radius 1 is 1.08 bits per heavy atom. The van der Waals surface area contributed by atoms with Crippen LogP contribution in [0.25, 0.3) is 5.69 Å². The summed E-state index contributed by atoms with van der Waals surface area (Å²) in [5, 5.41) is 6.62. The van der Waals surface area contributed by atoms with E-state index in [4.69, 9.17) is 11.6 Å². The number of amides is 1. The molecule has 0 spiro atoms. The highest BCUT2D eigenvalue weighted by Gasteiger charge is 2.40. The van der Waals surface area contributed by atoms with Crippen molar-refractivity contribution in [2.75, 3.05) is 0 Å². The number of aromatic nitrogens is 2. The van der Waals surface area contributed by atoms with Gasteiger partial charge >= 0.3 is 6.18 Å². The van der Waals surface area contributed by atoms with E-state index in [-0.39, 0.29) is 12.2 Å². The van der Waals surface area contributed by atoms with Crippen molar-refractivity contribution < 1.29 is 18.0 Å². The minimum atomic E-state index is -4.75. The van der Waals surface area contributed by atoms with Crippen LogP contribution in [0, 0.1) is 0 Å². The highest BCUT2D eigenvalue weighted by atomic mass is 35.5. The lowest BCUT2D eigenvalue weighted by atomic mass is 10.2. The molecule has 0 saturated heterocycles. The minimum Gasteiger partial charge on any atom is -0.348 e. The second-order valence-corrected chi connectivity index (χ2v) is 5.90. The van der Waals surface area contributed by atoms with Gasteiger partial charge in [-0.1, -0.05) is 41.9 Å². The molecule has 0 unspecified atom stereocenters. The van der Waals surface area contributed by atoms with Crippen LogP contribution in [-0.4, -0.2) is 15.7 Å². The fraction of sp³-hybridized carbons (Fsp3) is 0.111. The standard InChI is InChI=1S/C18H13ClF3N3O/c19-13-6-8-14(9-7-13)25-16(18(20,21)22)15(11-24-25)17(26)23-10-12-4-2-1-3-5-12/h1-9,11H,10H2,(H,23,26). The number of benzene rings is 2. The van der Waals surface area contributed by atoms with Gasteiger partial charge in [-0.2, -0.15) is 18.3 Å². The Morgan fingerprint density at radius 2 is 1.73 bits per heavy atom. The van der Waals surface area contributed by atoms with Crippen LogP contribution in [0.1, 0.15) is 21.6 Å². The van der Waals surface area contributed by atoms with E-state index in [1.165, 1.54) is 24.3 Å². The number of nitrogens with one attached hydrogen (secondary N) is 1. The van der Waals surface area contributed by atoms with Gasteiger partial charge in [0.15, 0.2) is 5.69 Å². The molecule has 1 N–H and O–H groups in total. The maximum Gasteiger partial charge on any atom is 0.434 e. The molecule has 0 fully saturated rings. The van der Waals surface area contributed by atoms with E-state index in [0.29, 0.717) is 9.70 Å². The summed E-state index contributed by atoms with van der Waals surface area (Å²) in [6.45, 7) is 0.114. The molecule has 4 nitrogen and oxygen atoms in total. The predicted molar refractivity (Wildman–Crippen MR) is 91.2 cm³/mol. The predicted octanol–water partition coefficient (Wildman–Crippen LogP) is 4.47. The van der Waals surface area contributed by atoms with E-state index in [1.54, 1.807) is 24.3 Å². The molecule has 134 valence electrons. The number of alkyl halides is 3. The third-order valence-corrected chi connectivity index (χ3v) is 3.90. The van der Waals surface area contributed by atoms with Crippen LogP contribution in [-0.2, 0) is 12.7 Å². The van der Waals surface area contributed by atoms with Crippen LogP contribution in [0.15, 0.2) is 60.8 Å². The van der Waals surface area contributed by atoms with Gasteiger partial charge in [0.2, 0.25) is 0 Å². The maximum atomic E-state index is 13.6. The Labute approximate surface area is 152 Å². The Bertz CT molecular complexity index is 906. The lowest BCUT2D eigenvalue weighted by Crippen LogP contribution is -2.26. The Morgan fingerprint density at radius 3 is 2.35 bits per heavy atom. The number of hydrogen-bond acceptors (Lipinski definition) is 2. The number of hydrogen-bond donors (Lipinski definition) is 1. The largest absolute Gasteiger partial charge is 0.434 e. The van der Waals surface area contributed by atoms with Gasteiger partial charge in [-0.05, 0) is 29.8 Å². The van der Waals surface area contributed by atoms with Crippen LogP contribution >= 0.6 is 11.6 Å². The first-order chi connectivity index (χ1) is 12.4. The Balaban J connectivity index is 1.92. The van der Waals surface area contributed by atoms with Gasteiger partial charge in [0.25, 0.3) is 5.91 Å². The first kappa shape index (κ1) is 18.0. The molecule has 0 aliphatic carbocycles. The minimum absolute atomic E-state index is 0.114. The summed E-state index contributed by atoms with van der Waals surface area (Å²) in [6.07, 6.45) is -3.84. The van der Waals surface area contributed by atoms with Crippen LogP contribution in [0.4, 0.5) is 13.2 Å². The lowest BCUT2D eigenvalue weighted by Gasteiger charge is -2.13. The molecule has 0 saturated carbocycles. The fourth-order valence-corrected chi connectivity index (χ4v) is 2.56. The van der Waals surface area contributed by atoms with Crippen molar-refractivity contribution in [2.24, 2.45) is 0 Å². The number of halogens is 4.